The molecule has 2 N–H and O–H groups in total. The zero-order chi connectivity index (χ0) is 11.1. The summed E-state index contributed by atoms with van der Waals surface area (Å²) in [6, 6.07) is -0.831. The monoisotopic (exact) mass is 203 g/mol. The molecule has 0 aliphatic carbocycles. The maximum Gasteiger partial charge on any atom is 0.326 e. The van der Waals surface area contributed by atoms with Crippen molar-refractivity contribution in [3.05, 3.63) is 0 Å². The van der Waals surface area contributed by atoms with Crippen molar-refractivity contribution >= 4 is 11.9 Å². The topological polar surface area (TPSA) is 75.6 Å². The van der Waals surface area contributed by atoms with Gasteiger partial charge in [0, 0.05) is 20.6 Å². The van der Waals surface area contributed by atoms with Crippen LogP contribution < -0.4 is 5.32 Å². The van der Waals surface area contributed by atoms with Crippen LogP contribution in [0, 0.1) is 5.92 Å². The largest absolute Gasteiger partial charge is 0.480 e. The van der Waals surface area contributed by atoms with Gasteiger partial charge in [0.1, 0.15) is 6.04 Å². The third-order valence-electron chi connectivity index (χ3n) is 1.97. The minimum Gasteiger partial charge on any atom is -0.480 e. The van der Waals surface area contributed by atoms with Crippen LogP contribution in [0.3, 0.4) is 0 Å². The van der Waals surface area contributed by atoms with Crippen LogP contribution in [0.15, 0.2) is 0 Å². The molecule has 0 saturated carbocycles. The quantitative estimate of drug-likeness (QED) is 0.648. The number of carbonyl (C=O) groups is 2. The van der Waals surface area contributed by atoms with E-state index in [1.807, 2.05) is 0 Å². The van der Waals surface area contributed by atoms with Gasteiger partial charge in [0.25, 0.3) is 0 Å². The maximum atomic E-state index is 10.8. The molecule has 0 radical (unpaired) electrons. The zero-order valence-electron chi connectivity index (χ0n) is 8.74. The summed E-state index contributed by atoms with van der Waals surface area (Å²) in [5.74, 6) is -1.48. The Morgan fingerprint density at radius 1 is 1.50 bits per heavy atom. The average molecular weight is 203 g/mol. The molecule has 14 heavy (non-hydrogen) atoms. The number of rotatable bonds is 6. The Morgan fingerprint density at radius 2 is 2.07 bits per heavy atom. The molecule has 0 rings (SSSR count). The second-order valence-electron chi connectivity index (χ2n) is 3.28. The summed E-state index contributed by atoms with van der Waals surface area (Å²) in [6.45, 7) is 3.57. The van der Waals surface area contributed by atoms with Crippen LogP contribution in [-0.4, -0.2) is 36.7 Å². The summed E-state index contributed by atoms with van der Waals surface area (Å²) in [5.41, 5.74) is 0. The van der Waals surface area contributed by atoms with Crippen molar-refractivity contribution in [2.45, 2.75) is 26.3 Å². The summed E-state index contributed by atoms with van der Waals surface area (Å²) >= 11 is 0. The Balaban J connectivity index is 4.18. The van der Waals surface area contributed by atoms with E-state index in [1.54, 1.807) is 14.0 Å². The predicted molar refractivity (Wildman–Crippen MR) is 50.9 cm³/mol. The molecular weight excluding hydrogens is 186 g/mol. The van der Waals surface area contributed by atoms with Crippen molar-refractivity contribution in [3.8, 4) is 0 Å². The lowest BCUT2D eigenvalue weighted by atomic mass is 9.99. The van der Waals surface area contributed by atoms with Gasteiger partial charge in [0.15, 0.2) is 0 Å². The van der Waals surface area contributed by atoms with Crippen molar-refractivity contribution in [2.75, 3.05) is 13.7 Å². The average Bonchev–Trinajstić information content (AvgIpc) is 2.09. The SMILES string of the molecule is COCCC(C)C(NC(C)=O)C(=O)O. The lowest BCUT2D eigenvalue weighted by molar-refractivity contribution is -0.143. The van der Waals surface area contributed by atoms with Crippen molar-refractivity contribution in [1.29, 1.82) is 0 Å². The molecule has 0 saturated heterocycles. The number of carboxylic acid groups (broad SMARTS) is 1. The van der Waals surface area contributed by atoms with E-state index in [4.69, 9.17) is 9.84 Å². The number of carboxylic acids is 1. The lowest BCUT2D eigenvalue weighted by Crippen LogP contribution is -2.44. The maximum absolute atomic E-state index is 10.8. The first-order chi connectivity index (χ1) is 6.49. The minimum absolute atomic E-state index is 0.142. The van der Waals surface area contributed by atoms with E-state index in [2.05, 4.69) is 5.32 Å². The van der Waals surface area contributed by atoms with Gasteiger partial charge in [-0.1, -0.05) is 6.92 Å². The highest BCUT2D eigenvalue weighted by Gasteiger charge is 2.24. The van der Waals surface area contributed by atoms with E-state index in [0.717, 1.165) is 0 Å². The summed E-state index contributed by atoms with van der Waals surface area (Å²) < 4.78 is 4.84. The van der Waals surface area contributed by atoms with E-state index in [9.17, 15) is 9.59 Å². The van der Waals surface area contributed by atoms with Gasteiger partial charge in [0.2, 0.25) is 5.91 Å². The smallest absolute Gasteiger partial charge is 0.326 e. The third kappa shape index (κ3) is 4.81. The van der Waals surface area contributed by atoms with E-state index >= 15 is 0 Å². The van der Waals surface area contributed by atoms with Crippen molar-refractivity contribution in [1.82, 2.24) is 5.32 Å². The first-order valence-corrected chi connectivity index (χ1v) is 4.48. The molecule has 0 aromatic carbocycles. The van der Waals surface area contributed by atoms with Crippen molar-refractivity contribution < 1.29 is 19.4 Å². The highest BCUT2D eigenvalue weighted by Crippen LogP contribution is 2.08. The zero-order valence-corrected chi connectivity index (χ0v) is 8.74. The van der Waals surface area contributed by atoms with Gasteiger partial charge < -0.3 is 15.2 Å². The summed E-state index contributed by atoms with van der Waals surface area (Å²) in [4.78, 5) is 21.5. The Morgan fingerprint density at radius 3 is 2.43 bits per heavy atom. The number of ether oxygens (including phenoxy) is 1. The molecule has 0 aliphatic heterocycles. The Labute approximate surface area is 83.4 Å². The number of methoxy groups -OCH3 is 1. The molecule has 82 valence electrons. The number of hydrogen-bond acceptors (Lipinski definition) is 3. The van der Waals surface area contributed by atoms with Gasteiger partial charge in [-0.3, -0.25) is 4.79 Å². The highest BCUT2D eigenvalue weighted by atomic mass is 16.5. The number of nitrogens with one attached hydrogen (secondary N) is 1. The van der Waals surface area contributed by atoms with Gasteiger partial charge in [-0.15, -0.1) is 0 Å². The molecule has 0 spiro atoms. The van der Waals surface area contributed by atoms with Crippen LogP contribution in [0.25, 0.3) is 0 Å². The van der Waals surface area contributed by atoms with Gasteiger partial charge >= 0.3 is 5.97 Å². The molecule has 5 heteroatoms. The van der Waals surface area contributed by atoms with E-state index < -0.39 is 12.0 Å². The molecule has 0 bridgehead atoms. The van der Waals surface area contributed by atoms with Crippen molar-refractivity contribution in [3.63, 3.8) is 0 Å². The second-order valence-corrected chi connectivity index (χ2v) is 3.28. The number of carbonyl (C=O) groups excluding carboxylic acids is 1. The fourth-order valence-corrected chi connectivity index (χ4v) is 1.14. The Hall–Kier alpha value is -1.10. The van der Waals surface area contributed by atoms with Gasteiger partial charge in [-0.05, 0) is 12.3 Å². The minimum atomic E-state index is -1.01. The van der Waals surface area contributed by atoms with E-state index in [-0.39, 0.29) is 11.8 Å². The van der Waals surface area contributed by atoms with E-state index in [1.165, 1.54) is 6.92 Å². The van der Waals surface area contributed by atoms with Crippen LogP contribution in [0.1, 0.15) is 20.3 Å². The van der Waals surface area contributed by atoms with Crippen LogP contribution in [0.2, 0.25) is 0 Å². The van der Waals surface area contributed by atoms with Crippen LogP contribution in [-0.2, 0) is 14.3 Å². The molecule has 0 fully saturated rings. The molecule has 1 amide bonds. The van der Waals surface area contributed by atoms with Gasteiger partial charge in [-0.2, -0.15) is 0 Å². The summed E-state index contributed by atoms with van der Waals surface area (Å²) in [7, 11) is 1.56. The fourth-order valence-electron chi connectivity index (χ4n) is 1.14. The van der Waals surface area contributed by atoms with Crippen LogP contribution >= 0.6 is 0 Å². The van der Waals surface area contributed by atoms with Crippen LogP contribution in [0.5, 0.6) is 0 Å². The molecule has 0 aromatic rings. The Bertz CT molecular complexity index is 205. The normalized spacial score (nSPS) is 14.5. The second kappa shape index (κ2) is 6.37. The molecule has 0 aromatic heterocycles. The van der Waals surface area contributed by atoms with E-state index in [0.29, 0.717) is 13.0 Å². The molecule has 5 nitrogen and oxygen atoms in total. The molecule has 2 unspecified atom stereocenters. The fraction of sp³-hybridized carbons (Fsp3) is 0.778. The summed E-state index contributed by atoms with van der Waals surface area (Å²) in [6.07, 6.45) is 0.605. The number of amides is 1. The van der Waals surface area contributed by atoms with Crippen molar-refractivity contribution in [2.24, 2.45) is 5.92 Å². The highest BCUT2D eigenvalue weighted by molar-refractivity contribution is 5.82. The first kappa shape index (κ1) is 12.9. The third-order valence-corrected chi connectivity index (χ3v) is 1.97. The Kier molecular flexibility index (Phi) is 5.87. The first-order valence-electron chi connectivity index (χ1n) is 4.48. The molecular formula is C9H17NO4. The molecule has 0 heterocycles. The molecule has 2 atom stereocenters. The van der Waals surface area contributed by atoms with Crippen LogP contribution in [0.4, 0.5) is 0 Å². The summed E-state index contributed by atoms with van der Waals surface area (Å²) in [5, 5.41) is 11.2. The molecule has 0 aliphatic rings. The standard InChI is InChI=1S/C9H17NO4/c1-6(4-5-14-3)8(9(12)13)10-7(2)11/h6,8H,4-5H2,1-3H3,(H,10,11)(H,12,13). The lowest BCUT2D eigenvalue weighted by Gasteiger charge is -2.20. The number of hydrogen-bond donors (Lipinski definition) is 2. The van der Waals surface area contributed by atoms with Gasteiger partial charge in [0.05, 0.1) is 0 Å². The number of aliphatic carboxylic acids is 1. The predicted octanol–water partition coefficient (Wildman–Crippen LogP) is 0.248. The van der Waals surface area contributed by atoms with Gasteiger partial charge in [-0.25, -0.2) is 4.79 Å².